The molecule has 1 aliphatic rings. The fourth-order valence-electron chi connectivity index (χ4n) is 3.33. The van der Waals surface area contributed by atoms with Gasteiger partial charge in [0.2, 0.25) is 0 Å². The van der Waals surface area contributed by atoms with E-state index in [0.717, 1.165) is 12.1 Å². The van der Waals surface area contributed by atoms with Crippen molar-refractivity contribution in [1.82, 2.24) is 4.90 Å². The van der Waals surface area contributed by atoms with E-state index in [1.54, 1.807) is 4.90 Å². The van der Waals surface area contributed by atoms with Crippen LogP contribution in [0.4, 0.5) is 18.0 Å². The number of carbonyl (C=O) groups excluding carboxylic acids is 1. The summed E-state index contributed by atoms with van der Waals surface area (Å²) in [6, 6.07) is 4.66. The molecule has 1 aliphatic heterocycles. The quantitative estimate of drug-likeness (QED) is 0.672. The number of hydrogen-bond acceptors (Lipinski definition) is 3. The molecule has 0 aliphatic carbocycles. The maximum atomic E-state index is 12.7. The van der Waals surface area contributed by atoms with Crippen molar-refractivity contribution >= 4 is 6.09 Å². The van der Waals surface area contributed by atoms with Gasteiger partial charge in [0.05, 0.1) is 5.56 Å². The summed E-state index contributed by atoms with van der Waals surface area (Å²) in [6.45, 7) is 9.87. The van der Waals surface area contributed by atoms with Gasteiger partial charge in [-0.1, -0.05) is 6.92 Å². The number of benzene rings is 1. The van der Waals surface area contributed by atoms with Crippen molar-refractivity contribution in [2.45, 2.75) is 77.3 Å². The van der Waals surface area contributed by atoms with Crippen LogP contribution in [0.15, 0.2) is 24.3 Å². The molecule has 1 aromatic carbocycles. The molecule has 0 bridgehead atoms. The summed E-state index contributed by atoms with van der Waals surface area (Å²) >= 11 is 0. The Morgan fingerprint density at radius 3 is 2.26 bits per heavy atom. The molecule has 2 rings (SSSR count). The van der Waals surface area contributed by atoms with Crippen molar-refractivity contribution in [1.29, 1.82) is 0 Å². The first-order chi connectivity index (χ1) is 12.4. The molecule has 152 valence electrons. The van der Waals surface area contributed by atoms with E-state index >= 15 is 0 Å². The lowest BCUT2D eigenvalue weighted by Crippen LogP contribution is -2.54. The Balaban J connectivity index is 2.07. The van der Waals surface area contributed by atoms with Crippen molar-refractivity contribution in [2.75, 3.05) is 6.54 Å². The number of likely N-dealkylation sites (tertiary alicyclic amines) is 1. The summed E-state index contributed by atoms with van der Waals surface area (Å²) in [5.41, 5.74) is -1.78. The highest BCUT2D eigenvalue weighted by Crippen LogP contribution is 2.36. The number of rotatable bonds is 3. The monoisotopic (exact) mass is 387 g/mol. The lowest BCUT2D eigenvalue weighted by atomic mass is 9.84. The molecule has 7 heteroatoms. The molecule has 0 saturated carbocycles. The van der Waals surface area contributed by atoms with Crippen LogP contribution in [0.5, 0.6) is 5.75 Å². The fraction of sp³-hybridized carbons (Fsp3) is 0.650. The number of amides is 1. The average molecular weight is 387 g/mol. The van der Waals surface area contributed by atoms with Crippen molar-refractivity contribution in [3.63, 3.8) is 0 Å². The van der Waals surface area contributed by atoms with Gasteiger partial charge in [-0.2, -0.15) is 13.2 Å². The van der Waals surface area contributed by atoms with Gasteiger partial charge in [0, 0.05) is 25.4 Å². The van der Waals surface area contributed by atoms with Gasteiger partial charge in [0.15, 0.2) is 0 Å². The molecule has 0 aromatic heterocycles. The van der Waals surface area contributed by atoms with E-state index in [1.807, 2.05) is 34.6 Å². The summed E-state index contributed by atoms with van der Waals surface area (Å²) in [5.74, 6) is 0.405. The number of carbonyl (C=O) groups is 1. The average Bonchev–Trinajstić information content (AvgIpc) is 2.52. The van der Waals surface area contributed by atoms with Crippen LogP contribution < -0.4 is 4.74 Å². The van der Waals surface area contributed by atoms with Gasteiger partial charge >= 0.3 is 12.3 Å². The van der Waals surface area contributed by atoms with Crippen LogP contribution in [0, 0.1) is 0 Å². The molecule has 1 amide bonds. The largest absolute Gasteiger partial charge is 0.487 e. The van der Waals surface area contributed by atoms with Crippen LogP contribution in [0.3, 0.4) is 0 Å². The summed E-state index contributed by atoms with van der Waals surface area (Å²) in [7, 11) is 0. The van der Waals surface area contributed by atoms with Crippen molar-refractivity contribution in [3.05, 3.63) is 29.8 Å². The molecular weight excluding hydrogens is 359 g/mol. The molecule has 0 unspecified atom stereocenters. The van der Waals surface area contributed by atoms with Crippen molar-refractivity contribution in [2.24, 2.45) is 0 Å². The minimum atomic E-state index is -4.37. The van der Waals surface area contributed by atoms with Crippen LogP contribution in [-0.4, -0.2) is 34.8 Å². The highest BCUT2D eigenvalue weighted by atomic mass is 19.4. The van der Waals surface area contributed by atoms with Crippen LogP contribution >= 0.6 is 0 Å². The molecule has 4 nitrogen and oxygen atoms in total. The SMILES string of the molecule is CC[C@]1(Oc2ccc(C(F)(F)F)cc2)CCN(C(=O)OC(C)(C)C)[C@@H](C)C1. The van der Waals surface area contributed by atoms with Gasteiger partial charge in [0.1, 0.15) is 17.0 Å². The van der Waals surface area contributed by atoms with E-state index < -0.39 is 22.9 Å². The Kier molecular flexibility index (Phi) is 6.02. The molecule has 1 heterocycles. The first-order valence-electron chi connectivity index (χ1n) is 9.21. The Morgan fingerprint density at radius 2 is 1.81 bits per heavy atom. The molecule has 1 aromatic rings. The molecule has 0 N–H and O–H groups in total. The zero-order valence-corrected chi connectivity index (χ0v) is 16.5. The Morgan fingerprint density at radius 1 is 1.22 bits per heavy atom. The van der Waals surface area contributed by atoms with Gasteiger partial charge < -0.3 is 14.4 Å². The normalized spacial score (nSPS) is 23.9. The number of nitrogens with zero attached hydrogens (tertiary/aromatic N) is 1. The van der Waals surface area contributed by atoms with E-state index in [0.29, 0.717) is 31.6 Å². The zero-order chi connectivity index (χ0) is 20.5. The number of piperidine rings is 1. The van der Waals surface area contributed by atoms with Crippen molar-refractivity contribution in [3.8, 4) is 5.75 Å². The Labute approximate surface area is 158 Å². The number of hydrogen-bond donors (Lipinski definition) is 0. The molecule has 0 spiro atoms. The van der Waals surface area contributed by atoms with Gasteiger partial charge in [-0.15, -0.1) is 0 Å². The van der Waals surface area contributed by atoms with Gasteiger partial charge in [-0.25, -0.2) is 4.79 Å². The maximum Gasteiger partial charge on any atom is 0.416 e. The maximum absolute atomic E-state index is 12.7. The van der Waals surface area contributed by atoms with E-state index in [-0.39, 0.29) is 12.1 Å². The fourth-order valence-corrected chi connectivity index (χ4v) is 3.33. The van der Waals surface area contributed by atoms with E-state index in [1.165, 1.54) is 12.1 Å². The first-order valence-corrected chi connectivity index (χ1v) is 9.21. The first kappa shape index (κ1) is 21.4. The molecule has 2 atom stereocenters. The van der Waals surface area contributed by atoms with Crippen LogP contribution in [-0.2, 0) is 10.9 Å². The lowest BCUT2D eigenvalue weighted by molar-refractivity contribution is -0.137. The second kappa shape index (κ2) is 7.60. The van der Waals surface area contributed by atoms with Crippen molar-refractivity contribution < 1.29 is 27.4 Å². The zero-order valence-electron chi connectivity index (χ0n) is 16.5. The molecule has 0 radical (unpaired) electrons. The summed E-state index contributed by atoms with van der Waals surface area (Å²) in [5, 5.41) is 0. The van der Waals surface area contributed by atoms with E-state index in [4.69, 9.17) is 9.47 Å². The van der Waals surface area contributed by atoms with Gasteiger partial charge in [0.25, 0.3) is 0 Å². The molecule has 1 saturated heterocycles. The topological polar surface area (TPSA) is 38.8 Å². The lowest BCUT2D eigenvalue weighted by Gasteiger charge is -2.45. The standard InChI is InChI=1S/C20H28F3NO3/c1-6-19(26-16-9-7-15(8-10-16)20(21,22)23)11-12-24(14(2)13-19)17(25)27-18(3,4)5/h7-10,14H,6,11-13H2,1-5H3/t14-,19-/m0/s1. The summed E-state index contributed by atoms with van der Waals surface area (Å²) in [4.78, 5) is 14.1. The summed E-state index contributed by atoms with van der Waals surface area (Å²) in [6.07, 6.45) is -2.85. The van der Waals surface area contributed by atoms with Crippen LogP contribution in [0.1, 0.15) is 59.4 Å². The number of halogens is 3. The Hall–Kier alpha value is -1.92. The second-order valence-corrected chi connectivity index (χ2v) is 8.14. The molecular formula is C20H28F3NO3. The van der Waals surface area contributed by atoms with Gasteiger partial charge in [-0.05, 0) is 58.4 Å². The predicted molar refractivity (Wildman–Crippen MR) is 96.7 cm³/mol. The second-order valence-electron chi connectivity index (χ2n) is 8.14. The smallest absolute Gasteiger partial charge is 0.416 e. The number of alkyl halides is 3. The minimum absolute atomic E-state index is 0.0944. The molecule has 27 heavy (non-hydrogen) atoms. The third-order valence-corrected chi connectivity index (χ3v) is 4.80. The summed E-state index contributed by atoms with van der Waals surface area (Å²) < 4.78 is 49.7. The predicted octanol–water partition coefficient (Wildman–Crippen LogP) is 5.65. The molecule has 1 fully saturated rings. The van der Waals surface area contributed by atoms with E-state index in [9.17, 15) is 18.0 Å². The highest BCUT2D eigenvalue weighted by Gasteiger charge is 2.41. The van der Waals surface area contributed by atoms with Gasteiger partial charge in [-0.3, -0.25) is 0 Å². The van der Waals surface area contributed by atoms with E-state index in [2.05, 4.69) is 0 Å². The Bertz CT molecular complexity index is 652. The number of ether oxygens (including phenoxy) is 2. The highest BCUT2D eigenvalue weighted by molar-refractivity contribution is 5.68. The van der Waals surface area contributed by atoms with Crippen LogP contribution in [0.25, 0.3) is 0 Å². The van der Waals surface area contributed by atoms with Crippen LogP contribution in [0.2, 0.25) is 0 Å². The third kappa shape index (κ3) is 5.53. The minimum Gasteiger partial charge on any atom is -0.487 e. The third-order valence-electron chi connectivity index (χ3n) is 4.80.